The summed E-state index contributed by atoms with van der Waals surface area (Å²) in [6.07, 6.45) is 3.39. The zero-order chi connectivity index (χ0) is 28.9. The van der Waals surface area contributed by atoms with Crippen molar-refractivity contribution in [2.75, 3.05) is 5.73 Å². The highest BCUT2D eigenvalue weighted by Gasteiger charge is 2.14. The highest BCUT2D eigenvalue weighted by Crippen LogP contribution is 2.42. The van der Waals surface area contributed by atoms with Crippen molar-refractivity contribution in [3.05, 3.63) is 146 Å². The van der Waals surface area contributed by atoms with Crippen LogP contribution in [0.2, 0.25) is 0 Å². The van der Waals surface area contributed by atoms with E-state index in [-0.39, 0.29) is 0 Å². The van der Waals surface area contributed by atoms with E-state index in [9.17, 15) is 0 Å². The average molecular weight is 549 g/mol. The topological polar surface area (TPSA) is 38.4 Å². The van der Waals surface area contributed by atoms with Crippen molar-refractivity contribution in [2.45, 2.75) is 0 Å². The summed E-state index contributed by atoms with van der Waals surface area (Å²) in [4.78, 5) is 4.71. The third-order valence-corrected chi connectivity index (χ3v) is 8.62. The molecule has 8 aromatic carbocycles. The van der Waals surface area contributed by atoms with Crippen molar-refractivity contribution in [1.82, 2.24) is 0 Å². The number of anilines is 1. The first-order valence-corrected chi connectivity index (χ1v) is 14.5. The quantitative estimate of drug-likeness (QED) is 0.133. The minimum atomic E-state index is 0.683. The summed E-state index contributed by atoms with van der Waals surface area (Å²) in [5.74, 6) is 0. The van der Waals surface area contributed by atoms with E-state index in [1.54, 1.807) is 12.3 Å². The SMILES string of the molecule is C=CC=Nc1c(N)c2ccccc2c2ccc(-c3cccc(-c4ccc5c6ccccc6c6ccccc6c5c4)c3)cc12. The molecule has 0 spiro atoms. The molecule has 0 aliphatic rings. The van der Waals surface area contributed by atoms with E-state index in [0.717, 1.165) is 38.4 Å². The van der Waals surface area contributed by atoms with Gasteiger partial charge in [-0.3, -0.25) is 4.99 Å². The Morgan fingerprint density at radius 1 is 0.419 bits per heavy atom. The Balaban J connectivity index is 1.31. The molecule has 2 N–H and O–H groups in total. The molecule has 0 atom stereocenters. The van der Waals surface area contributed by atoms with Crippen LogP contribution in [0.5, 0.6) is 0 Å². The number of hydrogen-bond donors (Lipinski definition) is 1. The van der Waals surface area contributed by atoms with Gasteiger partial charge in [-0.15, -0.1) is 0 Å². The Labute approximate surface area is 250 Å². The molecule has 0 heterocycles. The van der Waals surface area contributed by atoms with Crippen LogP contribution in [0.15, 0.2) is 151 Å². The van der Waals surface area contributed by atoms with Crippen LogP contribution in [0.25, 0.3) is 76.1 Å². The van der Waals surface area contributed by atoms with Crippen LogP contribution in [0, 0.1) is 0 Å². The molecule has 0 saturated heterocycles. The Bertz CT molecular complexity index is 2400. The van der Waals surface area contributed by atoms with Gasteiger partial charge in [0, 0.05) is 17.0 Å². The van der Waals surface area contributed by atoms with E-state index in [4.69, 9.17) is 10.7 Å². The molecular weight excluding hydrogens is 520 g/mol. The largest absolute Gasteiger partial charge is 0.396 e. The monoisotopic (exact) mass is 548 g/mol. The minimum absolute atomic E-state index is 0.683. The number of aliphatic imine (C=N–C) groups is 1. The zero-order valence-electron chi connectivity index (χ0n) is 23.6. The second-order valence-corrected chi connectivity index (χ2v) is 11.0. The molecule has 0 fully saturated rings. The van der Waals surface area contributed by atoms with Gasteiger partial charge in [-0.25, -0.2) is 0 Å². The maximum atomic E-state index is 6.69. The summed E-state index contributed by atoms with van der Waals surface area (Å²) < 4.78 is 0. The fraction of sp³-hybridized carbons (Fsp3) is 0. The van der Waals surface area contributed by atoms with Crippen LogP contribution in [0.4, 0.5) is 11.4 Å². The van der Waals surface area contributed by atoms with Crippen molar-refractivity contribution in [2.24, 2.45) is 4.99 Å². The van der Waals surface area contributed by atoms with E-state index in [0.29, 0.717) is 5.69 Å². The molecule has 202 valence electrons. The maximum absolute atomic E-state index is 6.69. The third-order valence-electron chi connectivity index (χ3n) is 8.62. The Morgan fingerprint density at radius 3 is 1.40 bits per heavy atom. The van der Waals surface area contributed by atoms with Crippen LogP contribution < -0.4 is 5.73 Å². The highest BCUT2D eigenvalue weighted by atomic mass is 14.8. The van der Waals surface area contributed by atoms with Crippen molar-refractivity contribution < 1.29 is 0 Å². The van der Waals surface area contributed by atoms with Crippen LogP contribution in [-0.4, -0.2) is 6.21 Å². The van der Waals surface area contributed by atoms with Crippen molar-refractivity contribution in [1.29, 1.82) is 0 Å². The summed E-state index contributed by atoms with van der Waals surface area (Å²) in [6.45, 7) is 3.81. The molecule has 0 bridgehead atoms. The van der Waals surface area contributed by atoms with Gasteiger partial charge >= 0.3 is 0 Å². The summed E-state index contributed by atoms with van der Waals surface area (Å²) in [7, 11) is 0. The number of rotatable bonds is 4. The van der Waals surface area contributed by atoms with Gasteiger partial charge in [-0.1, -0.05) is 128 Å². The first-order valence-electron chi connectivity index (χ1n) is 14.5. The first-order chi connectivity index (χ1) is 21.2. The molecule has 0 aromatic heterocycles. The average Bonchev–Trinajstić information content (AvgIpc) is 3.08. The molecule has 43 heavy (non-hydrogen) atoms. The second kappa shape index (κ2) is 9.97. The number of allylic oxidation sites excluding steroid dienone is 1. The molecule has 2 heteroatoms. The van der Waals surface area contributed by atoms with Gasteiger partial charge in [-0.05, 0) is 83.5 Å². The van der Waals surface area contributed by atoms with Gasteiger partial charge in [0.1, 0.15) is 0 Å². The van der Waals surface area contributed by atoms with E-state index in [2.05, 4.69) is 134 Å². The van der Waals surface area contributed by atoms with Gasteiger partial charge < -0.3 is 5.73 Å². The Kier molecular flexibility index (Phi) is 5.80. The van der Waals surface area contributed by atoms with Crippen LogP contribution in [0.3, 0.4) is 0 Å². The molecule has 0 aliphatic carbocycles. The number of nitrogen functional groups attached to an aromatic ring is 1. The third kappa shape index (κ3) is 3.99. The molecule has 0 radical (unpaired) electrons. The van der Waals surface area contributed by atoms with E-state index < -0.39 is 0 Å². The van der Waals surface area contributed by atoms with Crippen LogP contribution in [-0.2, 0) is 0 Å². The number of nitrogens with two attached hydrogens (primary N) is 1. The lowest BCUT2D eigenvalue weighted by Gasteiger charge is -2.14. The molecular formula is C41H28N2. The van der Waals surface area contributed by atoms with Gasteiger partial charge in [0.05, 0.1) is 11.4 Å². The lowest BCUT2D eigenvalue weighted by Crippen LogP contribution is -1.91. The second-order valence-electron chi connectivity index (χ2n) is 11.0. The molecule has 0 saturated carbocycles. The summed E-state index contributed by atoms with van der Waals surface area (Å²) in [6, 6.07) is 48.0. The van der Waals surface area contributed by atoms with Gasteiger partial charge in [-0.2, -0.15) is 0 Å². The number of nitrogens with zero attached hydrogens (tertiary/aromatic N) is 1. The van der Waals surface area contributed by atoms with E-state index in [1.165, 1.54) is 43.4 Å². The molecule has 0 unspecified atom stereocenters. The highest BCUT2D eigenvalue weighted by molar-refractivity contribution is 6.26. The summed E-state index contributed by atoms with van der Waals surface area (Å²) >= 11 is 0. The molecule has 8 aromatic rings. The van der Waals surface area contributed by atoms with Crippen molar-refractivity contribution in [3.63, 3.8) is 0 Å². The lowest BCUT2D eigenvalue weighted by molar-refractivity contribution is 1.58. The smallest absolute Gasteiger partial charge is 0.0943 e. The molecule has 0 aliphatic heterocycles. The fourth-order valence-corrected chi connectivity index (χ4v) is 6.61. The number of hydrogen-bond acceptors (Lipinski definition) is 2. The van der Waals surface area contributed by atoms with Crippen LogP contribution in [0.1, 0.15) is 0 Å². The number of benzene rings is 8. The molecule has 0 amide bonds. The first kappa shape index (κ1) is 25.0. The lowest BCUT2D eigenvalue weighted by atomic mass is 9.91. The zero-order valence-corrected chi connectivity index (χ0v) is 23.6. The van der Waals surface area contributed by atoms with Crippen molar-refractivity contribution in [3.8, 4) is 22.3 Å². The predicted octanol–water partition coefficient (Wildman–Crippen LogP) is 11.3. The summed E-state index contributed by atoms with van der Waals surface area (Å²) in [5, 5.41) is 12.0. The van der Waals surface area contributed by atoms with Gasteiger partial charge in [0.15, 0.2) is 0 Å². The normalized spacial score (nSPS) is 11.8. The Morgan fingerprint density at radius 2 is 0.837 bits per heavy atom. The molecule has 2 nitrogen and oxygen atoms in total. The number of fused-ring (bicyclic) bond motifs is 9. The van der Waals surface area contributed by atoms with Crippen molar-refractivity contribution >= 4 is 71.5 Å². The van der Waals surface area contributed by atoms with Gasteiger partial charge in [0.25, 0.3) is 0 Å². The fourth-order valence-electron chi connectivity index (χ4n) is 6.61. The maximum Gasteiger partial charge on any atom is 0.0943 e. The molecule has 8 rings (SSSR count). The van der Waals surface area contributed by atoms with Crippen LogP contribution >= 0.6 is 0 Å². The van der Waals surface area contributed by atoms with Gasteiger partial charge in [0.2, 0.25) is 0 Å². The van der Waals surface area contributed by atoms with E-state index >= 15 is 0 Å². The standard InChI is InChI=1S/C41H28N2/c1-2-22-43-41-39-25-29(19-21-36(39)33-15-7-8-17-37(33)40(41)42)27-11-9-10-26(23-27)28-18-20-35-32-14-4-3-12-30(32)31-13-5-6-16-34(31)38(35)24-28/h2-25H,1,42H2. The summed E-state index contributed by atoms with van der Waals surface area (Å²) in [5.41, 5.74) is 12.8. The van der Waals surface area contributed by atoms with E-state index in [1.807, 2.05) is 6.07 Å². The Hall–Kier alpha value is -5.73. The predicted molar refractivity (Wildman–Crippen MR) is 188 cm³/mol. The minimum Gasteiger partial charge on any atom is -0.396 e.